The Kier molecular flexibility index (Phi) is 3.36. The van der Waals surface area contributed by atoms with E-state index in [4.69, 9.17) is 16.3 Å². The summed E-state index contributed by atoms with van der Waals surface area (Å²) in [5.41, 5.74) is 0.356. The molecule has 0 bridgehead atoms. The maximum Gasteiger partial charge on any atom is 0.258 e. The van der Waals surface area contributed by atoms with Gasteiger partial charge in [-0.2, -0.15) is 0 Å². The molecule has 0 radical (unpaired) electrons. The zero-order chi connectivity index (χ0) is 11.5. The highest BCUT2D eigenvalue weighted by Gasteiger charge is 2.21. The number of nitrogens with zero attached hydrogens (tertiary/aromatic N) is 3. The summed E-state index contributed by atoms with van der Waals surface area (Å²) in [6.07, 6.45) is 1.47. The highest BCUT2D eigenvalue weighted by Crippen LogP contribution is 2.15. The lowest BCUT2D eigenvalue weighted by atomic mass is 10.2. The van der Waals surface area contributed by atoms with Crippen molar-refractivity contribution in [3.63, 3.8) is 0 Å². The number of aryl methyl sites for hydroxylation is 1. The minimum atomic E-state index is -0.131. The van der Waals surface area contributed by atoms with E-state index < -0.39 is 0 Å². The molecule has 0 N–H and O–H groups in total. The van der Waals surface area contributed by atoms with Crippen LogP contribution in [0.4, 0.5) is 0 Å². The van der Waals surface area contributed by atoms with Gasteiger partial charge in [-0.25, -0.2) is 9.97 Å². The quantitative estimate of drug-likeness (QED) is 0.686. The lowest BCUT2D eigenvalue weighted by molar-refractivity contribution is 0.0302. The van der Waals surface area contributed by atoms with E-state index in [-0.39, 0.29) is 11.1 Å². The fraction of sp³-hybridized carbons (Fsp3) is 0.500. The van der Waals surface area contributed by atoms with Crippen LogP contribution in [0.3, 0.4) is 0 Å². The van der Waals surface area contributed by atoms with Crippen LogP contribution in [0.15, 0.2) is 6.20 Å². The van der Waals surface area contributed by atoms with Crippen molar-refractivity contribution >= 4 is 17.5 Å². The molecule has 0 spiro atoms. The third-order valence-electron chi connectivity index (χ3n) is 2.39. The molecule has 1 saturated heterocycles. The number of hydrogen-bond acceptors (Lipinski definition) is 4. The maximum atomic E-state index is 12.0. The fourth-order valence-corrected chi connectivity index (χ4v) is 1.77. The topological polar surface area (TPSA) is 55.3 Å². The number of morpholine rings is 1. The molecule has 0 unspecified atom stereocenters. The molecule has 86 valence electrons. The molecule has 1 aromatic heterocycles. The van der Waals surface area contributed by atoms with Crippen molar-refractivity contribution in [2.24, 2.45) is 0 Å². The van der Waals surface area contributed by atoms with Gasteiger partial charge in [0.05, 0.1) is 18.8 Å². The fourth-order valence-electron chi connectivity index (χ4n) is 1.52. The Morgan fingerprint density at radius 2 is 2.19 bits per heavy atom. The summed E-state index contributed by atoms with van der Waals surface area (Å²) in [7, 11) is 0. The van der Waals surface area contributed by atoms with Crippen molar-refractivity contribution in [1.82, 2.24) is 14.9 Å². The molecule has 1 amide bonds. The van der Waals surface area contributed by atoms with Crippen LogP contribution in [0.5, 0.6) is 0 Å². The lowest BCUT2D eigenvalue weighted by Gasteiger charge is -2.26. The molecule has 1 aliphatic heterocycles. The molecule has 0 saturated carbocycles. The van der Waals surface area contributed by atoms with Gasteiger partial charge in [0.25, 0.3) is 5.91 Å². The van der Waals surface area contributed by atoms with Crippen LogP contribution in [0.1, 0.15) is 16.2 Å². The number of carbonyl (C=O) groups excluding carboxylic acids is 1. The molecular weight excluding hydrogens is 230 g/mol. The molecule has 2 heterocycles. The van der Waals surface area contributed by atoms with E-state index in [1.54, 1.807) is 11.8 Å². The van der Waals surface area contributed by atoms with Gasteiger partial charge < -0.3 is 9.64 Å². The smallest absolute Gasteiger partial charge is 0.258 e. The monoisotopic (exact) mass is 241 g/mol. The minimum absolute atomic E-state index is 0.131. The SMILES string of the molecule is Cc1ncc(C(=O)N2CCOCC2)c(Cl)n1. The zero-order valence-corrected chi connectivity index (χ0v) is 9.70. The highest BCUT2D eigenvalue weighted by molar-refractivity contribution is 6.32. The van der Waals surface area contributed by atoms with Crippen LogP contribution >= 0.6 is 11.6 Å². The Balaban J connectivity index is 2.19. The molecule has 6 heteroatoms. The lowest BCUT2D eigenvalue weighted by Crippen LogP contribution is -2.40. The second-order valence-corrected chi connectivity index (χ2v) is 3.88. The van der Waals surface area contributed by atoms with Gasteiger partial charge in [0, 0.05) is 19.3 Å². The maximum absolute atomic E-state index is 12.0. The molecule has 1 aromatic rings. The Hall–Kier alpha value is -1.20. The number of carbonyl (C=O) groups is 1. The van der Waals surface area contributed by atoms with E-state index >= 15 is 0 Å². The van der Waals surface area contributed by atoms with Gasteiger partial charge >= 0.3 is 0 Å². The molecule has 1 fully saturated rings. The summed E-state index contributed by atoms with van der Waals surface area (Å²) in [4.78, 5) is 21.7. The highest BCUT2D eigenvalue weighted by atomic mass is 35.5. The second kappa shape index (κ2) is 4.76. The first-order valence-electron chi connectivity index (χ1n) is 5.04. The van der Waals surface area contributed by atoms with Crippen LogP contribution in [-0.2, 0) is 4.74 Å². The van der Waals surface area contributed by atoms with Gasteiger partial charge in [0.2, 0.25) is 0 Å². The third kappa shape index (κ3) is 2.31. The molecule has 0 aliphatic carbocycles. The molecule has 16 heavy (non-hydrogen) atoms. The first-order chi connectivity index (χ1) is 7.68. The van der Waals surface area contributed by atoms with Gasteiger partial charge in [-0.05, 0) is 6.92 Å². The average molecular weight is 242 g/mol. The summed E-state index contributed by atoms with van der Waals surface area (Å²) in [5, 5.41) is 0.212. The van der Waals surface area contributed by atoms with Crippen molar-refractivity contribution in [1.29, 1.82) is 0 Å². The van der Waals surface area contributed by atoms with E-state index in [2.05, 4.69) is 9.97 Å². The van der Waals surface area contributed by atoms with Crippen molar-refractivity contribution in [3.8, 4) is 0 Å². The van der Waals surface area contributed by atoms with Gasteiger partial charge in [0.1, 0.15) is 11.0 Å². The summed E-state index contributed by atoms with van der Waals surface area (Å²) >= 11 is 5.91. The van der Waals surface area contributed by atoms with Crippen LogP contribution in [0.25, 0.3) is 0 Å². The van der Waals surface area contributed by atoms with Crippen LogP contribution in [-0.4, -0.2) is 47.1 Å². The molecule has 2 rings (SSSR count). The number of ether oxygens (including phenoxy) is 1. The molecule has 5 nitrogen and oxygen atoms in total. The minimum Gasteiger partial charge on any atom is -0.378 e. The zero-order valence-electron chi connectivity index (χ0n) is 8.94. The summed E-state index contributed by atoms with van der Waals surface area (Å²) in [6.45, 7) is 4.03. The third-order valence-corrected chi connectivity index (χ3v) is 2.68. The Bertz CT molecular complexity index is 405. The Labute approximate surface area is 98.4 Å². The summed E-state index contributed by atoms with van der Waals surface area (Å²) < 4.78 is 5.18. The summed E-state index contributed by atoms with van der Waals surface area (Å²) in [5.74, 6) is 0.428. The molecule has 1 aliphatic rings. The molecule has 0 aromatic carbocycles. The van der Waals surface area contributed by atoms with Crippen molar-refractivity contribution in [2.45, 2.75) is 6.92 Å². The number of hydrogen-bond donors (Lipinski definition) is 0. The largest absolute Gasteiger partial charge is 0.378 e. The van der Waals surface area contributed by atoms with E-state index in [9.17, 15) is 4.79 Å². The van der Waals surface area contributed by atoms with Crippen LogP contribution in [0.2, 0.25) is 5.15 Å². The first kappa shape index (κ1) is 11.3. The van der Waals surface area contributed by atoms with Crippen molar-refractivity contribution in [3.05, 3.63) is 22.7 Å². The van der Waals surface area contributed by atoms with E-state index in [0.29, 0.717) is 37.7 Å². The van der Waals surface area contributed by atoms with Crippen molar-refractivity contribution < 1.29 is 9.53 Å². The van der Waals surface area contributed by atoms with Crippen LogP contribution < -0.4 is 0 Å². The predicted octanol–water partition coefficient (Wildman–Crippen LogP) is 0.911. The second-order valence-electron chi connectivity index (χ2n) is 3.53. The standard InChI is InChI=1S/C10H12ClN3O2/c1-7-12-6-8(9(11)13-7)10(15)14-2-4-16-5-3-14/h6H,2-5H2,1H3. The van der Waals surface area contributed by atoms with E-state index in [0.717, 1.165) is 0 Å². The van der Waals surface area contributed by atoms with Gasteiger partial charge in [0.15, 0.2) is 0 Å². The first-order valence-corrected chi connectivity index (χ1v) is 5.42. The predicted molar refractivity (Wildman–Crippen MR) is 58.5 cm³/mol. The van der Waals surface area contributed by atoms with Gasteiger partial charge in [-0.3, -0.25) is 4.79 Å². The number of rotatable bonds is 1. The Morgan fingerprint density at radius 1 is 1.50 bits per heavy atom. The molecular formula is C10H12ClN3O2. The van der Waals surface area contributed by atoms with Crippen LogP contribution in [0, 0.1) is 6.92 Å². The van der Waals surface area contributed by atoms with Gasteiger partial charge in [-0.1, -0.05) is 11.6 Å². The van der Waals surface area contributed by atoms with E-state index in [1.807, 2.05) is 0 Å². The molecule has 0 atom stereocenters. The Morgan fingerprint density at radius 3 is 2.81 bits per heavy atom. The van der Waals surface area contributed by atoms with Gasteiger partial charge in [-0.15, -0.1) is 0 Å². The van der Waals surface area contributed by atoms with E-state index in [1.165, 1.54) is 6.20 Å². The normalized spacial score (nSPS) is 16.2. The number of halogens is 1. The van der Waals surface area contributed by atoms with Crippen molar-refractivity contribution in [2.75, 3.05) is 26.3 Å². The number of aromatic nitrogens is 2. The average Bonchev–Trinajstić information content (AvgIpc) is 2.29. The summed E-state index contributed by atoms with van der Waals surface area (Å²) in [6, 6.07) is 0. The number of amides is 1.